The summed E-state index contributed by atoms with van der Waals surface area (Å²) in [5.41, 5.74) is 0.162. The summed E-state index contributed by atoms with van der Waals surface area (Å²) in [6, 6.07) is 0.662. The fourth-order valence-electron chi connectivity index (χ4n) is 2.96. The Morgan fingerprint density at radius 1 is 1.21 bits per heavy atom. The Hall–Kier alpha value is -0.0800. The second-order valence-electron chi connectivity index (χ2n) is 6.08. The van der Waals surface area contributed by atoms with Gasteiger partial charge in [-0.1, -0.05) is 26.7 Å². The number of hydrogen-bond acceptors (Lipinski definition) is 2. The zero-order chi connectivity index (χ0) is 10.2. The normalized spacial score (nSPS) is 30.2. The van der Waals surface area contributed by atoms with Gasteiger partial charge in [0, 0.05) is 12.6 Å². The fourth-order valence-corrected chi connectivity index (χ4v) is 2.96. The first-order chi connectivity index (χ1) is 6.49. The molecule has 2 rings (SSSR count). The zero-order valence-electron chi connectivity index (χ0n) is 9.47. The van der Waals surface area contributed by atoms with E-state index in [0.717, 1.165) is 19.4 Å². The number of aliphatic hydroxyl groups is 1. The molecule has 82 valence electrons. The van der Waals surface area contributed by atoms with Crippen LogP contribution >= 0.6 is 0 Å². The van der Waals surface area contributed by atoms with E-state index >= 15 is 0 Å². The van der Waals surface area contributed by atoms with Crippen LogP contribution in [0.4, 0.5) is 0 Å². The lowest BCUT2D eigenvalue weighted by Crippen LogP contribution is -2.50. The Bertz CT molecular complexity index is 198. The minimum atomic E-state index is -0.375. The third-order valence-electron chi connectivity index (χ3n) is 3.85. The Balaban J connectivity index is 1.68. The molecule has 2 nitrogen and oxygen atoms in total. The first-order valence-electron chi connectivity index (χ1n) is 5.95. The van der Waals surface area contributed by atoms with Gasteiger partial charge in [0.25, 0.3) is 0 Å². The molecule has 2 N–H and O–H groups in total. The first kappa shape index (κ1) is 10.4. The van der Waals surface area contributed by atoms with Crippen LogP contribution in [-0.4, -0.2) is 23.3 Å². The molecule has 0 spiro atoms. The van der Waals surface area contributed by atoms with E-state index in [2.05, 4.69) is 19.2 Å². The van der Waals surface area contributed by atoms with Crippen molar-refractivity contribution in [3.63, 3.8) is 0 Å². The molecule has 2 heteroatoms. The van der Waals surface area contributed by atoms with E-state index < -0.39 is 0 Å². The second kappa shape index (κ2) is 3.49. The van der Waals surface area contributed by atoms with Crippen LogP contribution in [0.3, 0.4) is 0 Å². The topological polar surface area (TPSA) is 32.3 Å². The van der Waals surface area contributed by atoms with Crippen molar-refractivity contribution in [2.45, 2.75) is 64.0 Å². The lowest BCUT2D eigenvalue weighted by atomic mass is 9.68. The van der Waals surface area contributed by atoms with Crippen molar-refractivity contribution in [3.05, 3.63) is 0 Å². The van der Waals surface area contributed by atoms with Gasteiger partial charge in [-0.2, -0.15) is 0 Å². The van der Waals surface area contributed by atoms with E-state index in [9.17, 15) is 5.11 Å². The van der Waals surface area contributed by atoms with Gasteiger partial charge >= 0.3 is 0 Å². The smallest absolute Gasteiger partial charge is 0.0771 e. The highest BCUT2D eigenvalue weighted by Crippen LogP contribution is 2.40. The molecule has 0 heterocycles. The van der Waals surface area contributed by atoms with Crippen molar-refractivity contribution < 1.29 is 5.11 Å². The highest BCUT2D eigenvalue weighted by molar-refractivity contribution is 4.94. The minimum absolute atomic E-state index is 0.375. The predicted molar refractivity (Wildman–Crippen MR) is 58.2 cm³/mol. The van der Waals surface area contributed by atoms with Gasteiger partial charge in [-0.25, -0.2) is 0 Å². The second-order valence-corrected chi connectivity index (χ2v) is 6.08. The molecule has 14 heavy (non-hydrogen) atoms. The largest absolute Gasteiger partial charge is 0.389 e. The molecule has 0 aliphatic heterocycles. The van der Waals surface area contributed by atoms with E-state index in [1.807, 2.05) is 0 Å². The summed E-state index contributed by atoms with van der Waals surface area (Å²) >= 11 is 0. The Kier molecular flexibility index (Phi) is 2.61. The third-order valence-corrected chi connectivity index (χ3v) is 3.85. The summed E-state index contributed by atoms with van der Waals surface area (Å²) in [6.45, 7) is 5.44. The van der Waals surface area contributed by atoms with Crippen molar-refractivity contribution in [1.82, 2.24) is 5.32 Å². The lowest BCUT2D eigenvalue weighted by Gasteiger charge is -2.44. The standard InChI is InChI=1S/C12H23NO/c1-11(2)7-10(8-11)13-9-12(14)5-3-4-6-12/h10,13-14H,3-9H2,1-2H3. The number of rotatable bonds is 3. The quantitative estimate of drug-likeness (QED) is 0.726. The van der Waals surface area contributed by atoms with Crippen molar-refractivity contribution >= 4 is 0 Å². The predicted octanol–water partition coefficient (Wildman–Crippen LogP) is 2.07. The van der Waals surface area contributed by atoms with Crippen LogP contribution in [0.5, 0.6) is 0 Å². The molecule has 2 aliphatic carbocycles. The highest BCUT2D eigenvalue weighted by atomic mass is 16.3. The Morgan fingerprint density at radius 3 is 2.29 bits per heavy atom. The molecule has 2 fully saturated rings. The van der Waals surface area contributed by atoms with Crippen molar-refractivity contribution in [1.29, 1.82) is 0 Å². The van der Waals surface area contributed by atoms with Gasteiger partial charge in [0.05, 0.1) is 5.60 Å². The van der Waals surface area contributed by atoms with Crippen molar-refractivity contribution in [3.8, 4) is 0 Å². The number of nitrogens with one attached hydrogen (secondary N) is 1. The maximum atomic E-state index is 10.1. The molecule has 0 bridgehead atoms. The van der Waals surface area contributed by atoms with Gasteiger partial charge in [0.2, 0.25) is 0 Å². The minimum Gasteiger partial charge on any atom is -0.389 e. The molecule has 0 unspecified atom stereocenters. The van der Waals surface area contributed by atoms with Gasteiger partial charge in [-0.05, 0) is 31.1 Å². The monoisotopic (exact) mass is 197 g/mol. The third kappa shape index (κ3) is 2.29. The average Bonchev–Trinajstić information content (AvgIpc) is 2.45. The van der Waals surface area contributed by atoms with Gasteiger partial charge in [-0.3, -0.25) is 0 Å². The first-order valence-corrected chi connectivity index (χ1v) is 5.95. The summed E-state index contributed by atoms with van der Waals surface area (Å²) in [7, 11) is 0. The van der Waals surface area contributed by atoms with Gasteiger partial charge in [-0.15, -0.1) is 0 Å². The lowest BCUT2D eigenvalue weighted by molar-refractivity contribution is 0.0302. The van der Waals surface area contributed by atoms with E-state index in [4.69, 9.17) is 0 Å². The summed E-state index contributed by atoms with van der Waals surface area (Å²) in [6.07, 6.45) is 6.93. The SMILES string of the molecule is CC1(C)CC(NCC2(O)CCCC2)C1. The summed E-state index contributed by atoms with van der Waals surface area (Å²) in [4.78, 5) is 0. The molecule has 0 saturated heterocycles. The Morgan fingerprint density at radius 2 is 1.79 bits per heavy atom. The molecule has 0 aromatic carbocycles. The van der Waals surface area contributed by atoms with Crippen LogP contribution in [0, 0.1) is 5.41 Å². The van der Waals surface area contributed by atoms with E-state index in [0.29, 0.717) is 11.5 Å². The molecule has 0 aromatic rings. The maximum Gasteiger partial charge on any atom is 0.0771 e. The van der Waals surface area contributed by atoms with Crippen molar-refractivity contribution in [2.75, 3.05) is 6.54 Å². The van der Waals surface area contributed by atoms with E-state index in [1.54, 1.807) is 0 Å². The van der Waals surface area contributed by atoms with Gasteiger partial charge in [0.1, 0.15) is 0 Å². The van der Waals surface area contributed by atoms with E-state index in [1.165, 1.54) is 25.7 Å². The molecule has 0 atom stereocenters. The number of hydrogen-bond donors (Lipinski definition) is 2. The summed E-state index contributed by atoms with van der Waals surface area (Å²) in [5, 5.41) is 13.6. The molecular weight excluding hydrogens is 174 g/mol. The zero-order valence-corrected chi connectivity index (χ0v) is 9.47. The fraction of sp³-hybridized carbons (Fsp3) is 1.00. The van der Waals surface area contributed by atoms with Gasteiger partial charge < -0.3 is 10.4 Å². The summed E-state index contributed by atoms with van der Waals surface area (Å²) < 4.78 is 0. The van der Waals surface area contributed by atoms with Crippen LogP contribution in [0.1, 0.15) is 52.4 Å². The highest BCUT2D eigenvalue weighted by Gasteiger charge is 2.38. The summed E-state index contributed by atoms with van der Waals surface area (Å²) in [5.74, 6) is 0. The molecular formula is C12H23NO. The molecule has 2 saturated carbocycles. The molecule has 2 aliphatic rings. The Labute approximate surface area is 87.1 Å². The maximum absolute atomic E-state index is 10.1. The average molecular weight is 197 g/mol. The van der Waals surface area contributed by atoms with Crippen LogP contribution in [0.25, 0.3) is 0 Å². The molecule has 0 radical (unpaired) electrons. The van der Waals surface area contributed by atoms with E-state index in [-0.39, 0.29) is 5.60 Å². The van der Waals surface area contributed by atoms with Crippen molar-refractivity contribution in [2.24, 2.45) is 5.41 Å². The van der Waals surface area contributed by atoms with Crippen LogP contribution in [0.15, 0.2) is 0 Å². The van der Waals surface area contributed by atoms with Crippen LogP contribution < -0.4 is 5.32 Å². The van der Waals surface area contributed by atoms with Crippen LogP contribution in [0.2, 0.25) is 0 Å². The molecule has 0 amide bonds. The van der Waals surface area contributed by atoms with Crippen LogP contribution in [-0.2, 0) is 0 Å². The molecule has 0 aromatic heterocycles. The van der Waals surface area contributed by atoms with Gasteiger partial charge in [0.15, 0.2) is 0 Å².